The number of aromatic hydroxyl groups is 1. The number of esters is 1. The lowest BCUT2D eigenvalue weighted by Crippen LogP contribution is -2.10. The van der Waals surface area contributed by atoms with E-state index in [2.05, 4.69) is 20.7 Å². The molecule has 1 rings (SSSR count). The molecule has 1 unspecified atom stereocenters. The smallest absolute Gasteiger partial charge is 0.312 e. The Bertz CT molecular complexity index is 349. The summed E-state index contributed by atoms with van der Waals surface area (Å²) < 4.78 is 5.42. The third-order valence-corrected chi connectivity index (χ3v) is 2.50. The zero-order valence-corrected chi connectivity index (χ0v) is 9.54. The Labute approximate surface area is 90.8 Å². The molecule has 0 aliphatic carbocycles. The van der Waals surface area contributed by atoms with Crippen molar-refractivity contribution >= 4 is 21.9 Å². The van der Waals surface area contributed by atoms with Gasteiger partial charge in [-0.05, 0) is 25.1 Å². The van der Waals surface area contributed by atoms with E-state index in [0.29, 0.717) is 5.56 Å². The standard InChI is InChI=1S/C10H11BrO3/c1-6(10(13)14-2)8-5-7(11)3-4-9(8)12/h3-6,12H,1-2H3. The van der Waals surface area contributed by atoms with Crippen molar-refractivity contribution in [2.45, 2.75) is 12.8 Å². The Morgan fingerprint density at radius 1 is 1.57 bits per heavy atom. The summed E-state index contributed by atoms with van der Waals surface area (Å²) in [5.41, 5.74) is 0.561. The predicted molar refractivity (Wildman–Crippen MR) is 56.2 cm³/mol. The molecule has 0 fully saturated rings. The number of hydrogen-bond acceptors (Lipinski definition) is 3. The summed E-state index contributed by atoms with van der Waals surface area (Å²) in [6.45, 7) is 1.69. The third kappa shape index (κ3) is 2.26. The minimum Gasteiger partial charge on any atom is -0.508 e. The van der Waals surface area contributed by atoms with Crippen molar-refractivity contribution in [1.29, 1.82) is 0 Å². The van der Waals surface area contributed by atoms with Gasteiger partial charge in [-0.3, -0.25) is 4.79 Å². The molecule has 1 aromatic rings. The van der Waals surface area contributed by atoms with Gasteiger partial charge in [0.1, 0.15) is 5.75 Å². The number of rotatable bonds is 2. The summed E-state index contributed by atoms with van der Waals surface area (Å²) in [5, 5.41) is 9.52. The molecule has 14 heavy (non-hydrogen) atoms. The molecule has 0 saturated heterocycles. The van der Waals surface area contributed by atoms with Crippen LogP contribution in [0, 0.1) is 0 Å². The molecule has 3 nitrogen and oxygen atoms in total. The Morgan fingerprint density at radius 2 is 2.21 bits per heavy atom. The summed E-state index contributed by atoms with van der Waals surface area (Å²) in [7, 11) is 1.33. The Kier molecular flexibility index (Phi) is 3.52. The van der Waals surface area contributed by atoms with Gasteiger partial charge >= 0.3 is 5.97 Å². The van der Waals surface area contributed by atoms with Crippen LogP contribution < -0.4 is 0 Å². The fourth-order valence-electron chi connectivity index (χ4n) is 1.18. The van der Waals surface area contributed by atoms with Gasteiger partial charge in [-0.1, -0.05) is 15.9 Å². The van der Waals surface area contributed by atoms with Gasteiger partial charge < -0.3 is 9.84 Å². The van der Waals surface area contributed by atoms with Crippen LogP contribution in [0.4, 0.5) is 0 Å². The van der Waals surface area contributed by atoms with E-state index >= 15 is 0 Å². The van der Waals surface area contributed by atoms with Crippen LogP contribution in [0.15, 0.2) is 22.7 Å². The molecule has 0 saturated carbocycles. The first-order valence-corrected chi connectivity index (χ1v) is 4.91. The maximum Gasteiger partial charge on any atom is 0.312 e. The number of benzene rings is 1. The summed E-state index contributed by atoms with van der Waals surface area (Å²) in [6.07, 6.45) is 0. The van der Waals surface area contributed by atoms with E-state index < -0.39 is 5.92 Å². The SMILES string of the molecule is COC(=O)C(C)c1cc(Br)ccc1O. The molecule has 1 N–H and O–H groups in total. The van der Waals surface area contributed by atoms with Crippen LogP contribution in [-0.4, -0.2) is 18.2 Å². The van der Waals surface area contributed by atoms with Gasteiger partial charge in [-0.15, -0.1) is 0 Å². The van der Waals surface area contributed by atoms with Crippen molar-refractivity contribution in [2.24, 2.45) is 0 Å². The molecule has 0 radical (unpaired) electrons. The number of carbonyl (C=O) groups is 1. The van der Waals surface area contributed by atoms with Crippen molar-refractivity contribution in [2.75, 3.05) is 7.11 Å². The summed E-state index contributed by atoms with van der Waals surface area (Å²) >= 11 is 3.27. The largest absolute Gasteiger partial charge is 0.508 e. The minimum atomic E-state index is -0.461. The molecule has 0 spiro atoms. The highest BCUT2D eigenvalue weighted by Crippen LogP contribution is 2.29. The van der Waals surface area contributed by atoms with Crippen molar-refractivity contribution in [3.63, 3.8) is 0 Å². The van der Waals surface area contributed by atoms with Crippen LogP contribution in [-0.2, 0) is 9.53 Å². The highest BCUT2D eigenvalue weighted by molar-refractivity contribution is 9.10. The molecule has 0 aromatic heterocycles. The first kappa shape index (κ1) is 11.0. The lowest BCUT2D eigenvalue weighted by Gasteiger charge is -2.11. The molecule has 4 heteroatoms. The number of phenols is 1. The zero-order valence-electron chi connectivity index (χ0n) is 7.95. The van der Waals surface area contributed by atoms with Crippen LogP contribution in [0.1, 0.15) is 18.4 Å². The lowest BCUT2D eigenvalue weighted by atomic mass is 10.0. The van der Waals surface area contributed by atoms with E-state index in [-0.39, 0.29) is 11.7 Å². The fourth-order valence-corrected chi connectivity index (χ4v) is 1.55. The second-order valence-corrected chi connectivity index (χ2v) is 3.86. The van der Waals surface area contributed by atoms with Crippen LogP contribution >= 0.6 is 15.9 Å². The maximum atomic E-state index is 11.2. The Morgan fingerprint density at radius 3 is 2.79 bits per heavy atom. The van der Waals surface area contributed by atoms with Crippen molar-refractivity contribution in [3.8, 4) is 5.75 Å². The monoisotopic (exact) mass is 258 g/mol. The minimum absolute atomic E-state index is 0.103. The molecular formula is C10H11BrO3. The van der Waals surface area contributed by atoms with Crippen LogP contribution in [0.3, 0.4) is 0 Å². The molecule has 1 atom stereocenters. The third-order valence-electron chi connectivity index (χ3n) is 2.01. The normalized spacial score (nSPS) is 12.2. The quantitative estimate of drug-likeness (QED) is 0.829. The summed E-state index contributed by atoms with van der Waals surface area (Å²) in [4.78, 5) is 11.2. The van der Waals surface area contributed by atoms with E-state index in [1.807, 2.05) is 0 Å². The van der Waals surface area contributed by atoms with Gasteiger partial charge in [0.25, 0.3) is 0 Å². The highest BCUT2D eigenvalue weighted by atomic mass is 79.9. The van der Waals surface area contributed by atoms with Gasteiger partial charge in [0.05, 0.1) is 13.0 Å². The summed E-state index contributed by atoms with van der Waals surface area (Å²) in [6, 6.07) is 4.96. The van der Waals surface area contributed by atoms with Gasteiger partial charge in [-0.25, -0.2) is 0 Å². The highest BCUT2D eigenvalue weighted by Gasteiger charge is 2.18. The number of methoxy groups -OCH3 is 1. The molecule has 0 aliphatic rings. The second-order valence-electron chi connectivity index (χ2n) is 2.95. The number of halogens is 1. The Hall–Kier alpha value is -1.03. The van der Waals surface area contributed by atoms with Crippen molar-refractivity contribution in [3.05, 3.63) is 28.2 Å². The second kappa shape index (κ2) is 4.46. The molecule has 0 aliphatic heterocycles. The molecular weight excluding hydrogens is 248 g/mol. The first-order chi connectivity index (χ1) is 6.56. The van der Waals surface area contributed by atoms with E-state index in [1.165, 1.54) is 7.11 Å². The van der Waals surface area contributed by atoms with Crippen LogP contribution in [0.2, 0.25) is 0 Å². The number of hydrogen-bond donors (Lipinski definition) is 1. The van der Waals surface area contributed by atoms with Gasteiger partial charge in [-0.2, -0.15) is 0 Å². The first-order valence-electron chi connectivity index (χ1n) is 4.12. The molecule has 0 heterocycles. The average molecular weight is 259 g/mol. The van der Waals surface area contributed by atoms with Crippen LogP contribution in [0.25, 0.3) is 0 Å². The van der Waals surface area contributed by atoms with Crippen LogP contribution in [0.5, 0.6) is 5.75 Å². The van der Waals surface area contributed by atoms with Gasteiger partial charge in [0.15, 0.2) is 0 Å². The van der Waals surface area contributed by atoms with E-state index in [0.717, 1.165) is 4.47 Å². The van der Waals surface area contributed by atoms with Crippen molar-refractivity contribution < 1.29 is 14.6 Å². The molecule has 1 aromatic carbocycles. The predicted octanol–water partition coefficient (Wildman–Crippen LogP) is 2.43. The number of ether oxygens (including phenoxy) is 1. The molecule has 0 bridgehead atoms. The fraction of sp³-hybridized carbons (Fsp3) is 0.300. The summed E-state index contributed by atoms with van der Waals surface area (Å²) in [5.74, 6) is -0.720. The lowest BCUT2D eigenvalue weighted by molar-refractivity contribution is -0.142. The average Bonchev–Trinajstić information content (AvgIpc) is 2.19. The van der Waals surface area contributed by atoms with Crippen molar-refractivity contribution in [1.82, 2.24) is 0 Å². The zero-order chi connectivity index (χ0) is 10.7. The number of carbonyl (C=O) groups excluding carboxylic acids is 1. The Balaban J connectivity index is 3.05. The topological polar surface area (TPSA) is 46.5 Å². The van der Waals surface area contributed by atoms with E-state index in [9.17, 15) is 9.90 Å². The van der Waals surface area contributed by atoms with Gasteiger partial charge in [0.2, 0.25) is 0 Å². The maximum absolute atomic E-state index is 11.2. The van der Waals surface area contributed by atoms with Gasteiger partial charge in [0, 0.05) is 10.0 Å². The molecule has 76 valence electrons. The number of phenolic OH excluding ortho intramolecular Hbond substituents is 1. The molecule has 0 amide bonds. The van der Waals surface area contributed by atoms with E-state index in [4.69, 9.17) is 0 Å². The van der Waals surface area contributed by atoms with E-state index in [1.54, 1.807) is 25.1 Å².